The fraction of sp³-hybridized carbons (Fsp3) is 0.514. The number of hydrogen-bond donors (Lipinski definition) is 5. The number of rotatable bonds is 12. The number of aliphatic hydroxyl groups excluding tert-OH is 3. The third kappa shape index (κ3) is 8.84. The van der Waals surface area contributed by atoms with Crippen molar-refractivity contribution in [2.24, 2.45) is 11.8 Å². The van der Waals surface area contributed by atoms with Gasteiger partial charge in [-0.2, -0.15) is 4.98 Å². The molecule has 3 aromatic heterocycles. The largest absolute Gasteiger partial charge is 0.479 e. The minimum atomic E-state index is -1.84. The molecule has 5 heterocycles. The molecule has 22 nitrogen and oxygen atoms in total. The quantitative estimate of drug-likeness (QED) is 0.134. The number of likely N-dealkylation sites (N-methyl/N-ethyl adjacent to an activating group) is 2. The summed E-state index contributed by atoms with van der Waals surface area (Å²) in [5, 5.41) is 43.2. The number of amides is 4. The molecule has 60 heavy (non-hydrogen) atoms. The number of carboxylic acid groups (broad SMARTS) is 1. The van der Waals surface area contributed by atoms with Crippen molar-refractivity contribution in [2.45, 2.75) is 56.2 Å². The summed E-state index contributed by atoms with van der Waals surface area (Å²) in [5.41, 5.74) is 1.03. The molecule has 5 N–H and O–H groups in total. The Morgan fingerprint density at radius 3 is 2.32 bits per heavy atom. The number of nitrogens with one attached hydrogen (secondary N) is 1. The number of hydrogen-bond acceptors (Lipinski definition) is 17. The van der Waals surface area contributed by atoms with Gasteiger partial charge in [0.25, 0.3) is 0 Å². The molecule has 23 heteroatoms. The van der Waals surface area contributed by atoms with Crippen LogP contribution in [0.4, 0.5) is 25.3 Å². The first-order valence-electron chi connectivity index (χ1n) is 19.0. The topological polar surface area (TPSA) is 268 Å². The van der Waals surface area contributed by atoms with Crippen molar-refractivity contribution >= 4 is 57.6 Å². The number of benzene rings is 1. The minimum absolute atomic E-state index is 0.0985. The Labute approximate surface area is 347 Å². The lowest BCUT2D eigenvalue weighted by atomic mass is 9.99. The van der Waals surface area contributed by atoms with Gasteiger partial charge in [-0.1, -0.05) is 12.1 Å². The fourth-order valence-corrected chi connectivity index (χ4v) is 8.22. The van der Waals surface area contributed by atoms with E-state index in [1.807, 2.05) is 18.0 Å². The number of aliphatic carboxylic acids is 1. The Kier molecular flexibility index (Phi) is 12.5. The average Bonchev–Trinajstić information content (AvgIpc) is 4.06. The maximum Gasteiger partial charge on any atom is 0.409 e. The maximum absolute atomic E-state index is 13.6. The highest BCUT2D eigenvalue weighted by Gasteiger charge is 2.48. The summed E-state index contributed by atoms with van der Waals surface area (Å²) in [6.07, 6.45) is -4.49. The highest BCUT2D eigenvalue weighted by molar-refractivity contribution is 7.10. The van der Waals surface area contributed by atoms with E-state index in [0.29, 0.717) is 47.1 Å². The molecular formula is C37H46N10O12S. The van der Waals surface area contributed by atoms with E-state index in [2.05, 4.69) is 29.5 Å². The van der Waals surface area contributed by atoms with Crippen molar-refractivity contribution in [3.05, 3.63) is 48.4 Å². The summed E-state index contributed by atoms with van der Waals surface area (Å²) in [6.45, 7) is 1.52. The van der Waals surface area contributed by atoms with Crippen LogP contribution in [0.2, 0.25) is 0 Å². The molecule has 7 rings (SSSR count). The van der Waals surface area contributed by atoms with E-state index < -0.39 is 42.8 Å². The smallest absolute Gasteiger partial charge is 0.409 e. The molecule has 1 aliphatic carbocycles. The van der Waals surface area contributed by atoms with E-state index in [1.54, 1.807) is 32.4 Å². The molecule has 0 spiro atoms. The number of fused-ring (bicyclic) bond motifs is 2. The Morgan fingerprint density at radius 2 is 1.65 bits per heavy atom. The van der Waals surface area contributed by atoms with E-state index >= 15 is 0 Å². The van der Waals surface area contributed by atoms with Gasteiger partial charge >= 0.3 is 30.1 Å². The van der Waals surface area contributed by atoms with E-state index in [1.165, 1.54) is 39.9 Å². The molecule has 2 aliphatic heterocycles. The molecular weight excluding hydrogens is 809 g/mol. The van der Waals surface area contributed by atoms with Gasteiger partial charge in [-0.05, 0) is 48.4 Å². The molecule has 2 saturated heterocycles. The third-order valence-corrected chi connectivity index (χ3v) is 11.7. The Morgan fingerprint density at radius 1 is 0.950 bits per heavy atom. The first-order chi connectivity index (χ1) is 28.7. The van der Waals surface area contributed by atoms with Crippen LogP contribution in [0.5, 0.6) is 11.8 Å². The number of methoxy groups -OCH3 is 1. The van der Waals surface area contributed by atoms with Crippen LogP contribution in [0.25, 0.3) is 11.0 Å². The zero-order chi connectivity index (χ0) is 42.8. The highest BCUT2D eigenvalue weighted by atomic mass is 32.1. The second kappa shape index (κ2) is 17.8. The molecule has 3 fully saturated rings. The molecule has 0 radical (unpaired) electrons. The van der Waals surface area contributed by atoms with Crippen LogP contribution in [-0.2, 0) is 20.9 Å². The normalized spacial score (nSPS) is 24.8. The number of aromatic nitrogens is 5. The second-order valence-electron chi connectivity index (χ2n) is 15.0. The van der Waals surface area contributed by atoms with Crippen LogP contribution in [0.15, 0.2) is 42.9 Å². The van der Waals surface area contributed by atoms with Crippen LogP contribution in [0.3, 0.4) is 0 Å². The fourth-order valence-electron chi connectivity index (χ4n) is 7.68. The number of carbonyl (C=O) groups is 4. The van der Waals surface area contributed by atoms with Crippen molar-refractivity contribution in [1.29, 1.82) is 0 Å². The van der Waals surface area contributed by atoms with Gasteiger partial charge in [0.05, 0.1) is 12.5 Å². The Hall–Kier alpha value is -5.88. The summed E-state index contributed by atoms with van der Waals surface area (Å²) in [5.74, 6) is 0.00408. The van der Waals surface area contributed by atoms with Crippen molar-refractivity contribution in [3.63, 3.8) is 0 Å². The highest BCUT2D eigenvalue weighted by Crippen LogP contribution is 2.42. The molecule has 1 unspecified atom stereocenters. The number of nitrogens with zero attached hydrogens (tertiary/aromatic N) is 9. The molecule has 1 aromatic carbocycles. The zero-order valence-electron chi connectivity index (χ0n) is 33.1. The van der Waals surface area contributed by atoms with Crippen molar-refractivity contribution in [1.82, 2.24) is 38.6 Å². The zero-order valence-corrected chi connectivity index (χ0v) is 33.9. The van der Waals surface area contributed by atoms with Crippen LogP contribution >= 0.6 is 11.5 Å². The number of urea groups is 1. The summed E-state index contributed by atoms with van der Waals surface area (Å²) in [4.78, 5) is 70.6. The van der Waals surface area contributed by atoms with Gasteiger partial charge in [-0.3, -0.25) is 9.88 Å². The number of aliphatic hydroxyl groups is 3. The molecule has 4 aromatic rings. The number of carbonyl (C=O) groups excluding carboxylic acids is 3. The predicted molar refractivity (Wildman–Crippen MR) is 211 cm³/mol. The Bertz CT molecular complexity index is 2180. The predicted octanol–water partition coefficient (Wildman–Crippen LogP) is 1.11. The summed E-state index contributed by atoms with van der Waals surface area (Å²) in [7, 11) is 6.63. The number of anilines is 2. The first-order valence-corrected chi connectivity index (χ1v) is 19.8. The van der Waals surface area contributed by atoms with Gasteiger partial charge in [-0.15, -0.1) is 4.37 Å². The van der Waals surface area contributed by atoms with Gasteiger partial charge in [0.2, 0.25) is 11.4 Å². The standard InChI is InChI=1S/C37H46N10O12S/c1-43(11-12-44(2)37(55)57-17-19-5-7-23(8-6-19)58-32-27(50)25(48)26(49)28(59-32)31(51)52)36(54)47-10-9-24-29(38-18-39-30(24)47)45(3)22-13-20-15-46(16-21(20)14-22)35(53)41-34-40-33(56-4)42-60-34/h5-10,18,20-22,25-28,32,48-50H,11-17H2,1-4H3,(H,51,52)(H,40,41,42,53)/t20-,21+,22?,25-,26-,27+,28-,32+/m0/s1. The average molecular weight is 855 g/mol. The van der Waals surface area contributed by atoms with E-state index in [9.17, 15) is 39.6 Å². The van der Waals surface area contributed by atoms with Crippen LogP contribution in [0.1, 0.15) is 18.4 Å². The monoisotopic (exact) mass is 854 g/mol. The van der Waals surface area contributed by atoms with E-state index in [0.717, 1.165) is 29.8 Å². The summed E-state index contributed by atoms with van der Waals surface area (Å²) < 4.78 is 26.5. The van der Waals surface area contributed by atoms with E-state index in [-0.39, 0.29) is 49.6 Å². The van der Waals surface area contributed by atoms with Crippen molar-refractivity contribution in [3.8, 4) is 11.8 Å². The maximum atomic E-state index is 13.6. The van der Waals surface area contributed by atoms with Crippen LogP contribution in [0, 0.1) is 11.8 Å². The first kappa shape index (κ1) is 42.3. The lowest BCUT2D eigenvalue weighted by Crippen LogP contribution is -2.61. The molecule has 4 amide bonds. The lowest BCUT2D eigenvalue weighted by Gasteiger charge is -2.38. The second-order valence-corrected chi connectivity index (χ2v) is 15.7. The van der Waals surface area contributed by atoms with Crippen molar-refractivity contribution in [2.75, 3.05) is 64.6 Å². The molecule has 0 bridgehead atoms. The molecule has 3 aliphatic rings. The third-order valence-electron chi connectivity index (χ3n) is 11.1. The summed E-state index contributed by atoms with van der Waals surface area (Å²) >= 11 is 1.06. The lowest BCUT2D eigenvalue weighted by molar-refractivity contribution is -0.271. The Balaban J connectivity index is 0.868. The molecule has 8 atom stereocenters. The number of carboxylic acids is 1. The number of ether oxygens (including phenoxy) is 4. The SMILES string of the molecule is COc1nsc(NC(=O)N2C[C@H]3CC(N(C)c4ncnc5c4ccn5C(=O)N(C)CCN(C)C(=O)OCc4ccc(O[C@@H]5O[C@H](C(=O)O)[C@@H](O)[C@H](O)[C@H]5O)cc4)C[C@H]3C2)n1. The minimum Gasteiger partial charge on any atom is -0.479 e. The van der Waals surface area contributed by atoms with Gasteiger partial charge in [0, 0.05) is 71.1 Å². The van der Waals surface area contributed by atoms with Gasteiger partial charge in [-0.25, -0.2) is 29.1 Å². The summed E-state index contributed by atoms with van der Waals surface area (Å²) in [6, 6.07) is 7.77. The van der Waals surface area contributed by atoms with Gasteiger partial charge < -0.3 is 59.0 Å². The van der Waals surface area contributed by atoms with Gasteiger partial charge in [0.15, 0.2) is 11.8 Å². The van der Waals surface area contributed by atoms with Crippen molar-refractivity contribution < 1.29 is 58.6 Å². The van der Waals surface area contributed by atoms with E-state index in [4.69, 9.17) is 18.9 Å². The van der Waals surface area contributed by atoms with Gasteiger partial charge in [0.1, 0.15) is 42.8 Å². The van der Waals surface area contributed by atoms with Crippen LogP contribution in [-0.4, -0.2) is 174 Å². The molecule has 322 valence electrons. The number of likely N-dealkylation sites (tertiary alicyclic amines) is 1. The van der Waals surface area contributed by atoms with Crippen LogP contribution < -0.4 is 19.7 Å². The molecule has 1 saturated carbocycles.